The average Bonchev–Trinajstić information content (AvgIpc) is 3.15. The third-order valence-electron chi connectivity index (χ3n) is 5.63. The van der Waals surface area contributed by atoms with E-state index in [1.807, 2.05) is 35.6 Å². The van der Waals surface area contributed by atoms with Crippen molar-refractivity contribution < 1.29 is 28.8 Å². The SMILES string of the molecule is COc1cc(/C=C2/NC(=O)N(CC(=O)Nc3cccc(C)c3)C2=O)cc(I)c1OCc1cccc([N+](=O)[O-])c1. The fourth-order valence-electron chi connectivity index (χ4n) is 3.83. The first-order chi connectivity index (χ1) is 18.6. The maximum atomic E-state index is 12.9. The number of nitrogens with zero attached hydrogens (tertiary/aromatic N) is 2. The van der Waals surface area contributed by atoms with Gasteiger partial charge in [-0.15, -0.1) is 0 Å². The number of carbonyl (C=O) groups excluding carboxylic acids is 3. The standard InChI is InChI=1S/C27H23IN4O7/c1-16-5-3-7-19(9-16)29-24(33)14-31-26(34)22(30-27(31)35)12-18-11-21(28)25(23(13-18)38-2)39-15-17-6-4-8-20(10-17)32(36)37/h3-13H,14-15H2,1-2H3,(H,29,33)(H,30,35)/b22-12+. The van der Waals surface area contributed by atoms with Crippen LogP contribution in [0.2, 0.25) is 0 Å². The number of nitro groups is 1. The van der Waals surface area contributed by atoms with E-state index in [0.29, 0.717) is 31.9 Å². The van der Waals surface area contributed by atoms with Crippen molar-refractivity contribution in [2.24, 2.45) is 0 Å². The van der Waals surface area contributed by atoms with Gasteiger partial charge in [0.05, 0.1) is 15.6 Å². The lowest BCUT2D eigenvalue weighted by Crippen LogP contribution is -2.38. The number of ether oxygens (including phenoxy) is 2. The van der Waals surface area contributed by atoms with Crippen molar-refractivity contribution in [1.29, 1.82) is 0 Å². The molecule has 1 aliphatic heterocycles. The van der Waals surface area contributed by atoms with Crippen LogP contribution in [0.15, 0.2) is 66.4 Å². The molecular weight excluding hydrogens is 619 g/mol. The highest BCUT2D eigenvalue weighted by molar-refractivity contribution is 14.1. The van der Waals surface area contributed by atoms with Crippen molar-refractivity contribution in [3.8, 4) is 11.5 Å². The van der Waals surface area contributed by atoms with Crippen LogP contribution < -0.4 is 20.1 Å². The number of rotatable bonds is 9. The Morgan fingerprint density at radius 3 is 2.64 bits per heavy atom. The molecule has 2 N–H and O–H groups in total. The van der Waals surface area contributed by atoms with Crippen LogP contribution in [0.3, 0.4) is 0 Å². The topological polar surface area (TPSA) is 140 Å². The molecule has 1 aliphatic rings. The second-order valence-corrected chi connectivity index (χ2v) is 9.71. The molecular formula is C27H23IN4O7. The lowest BCUT2D eigenvalue weighted by molar-refractivity contribution is -0.384. The van der Waals surface area contributed by atoms with Gasteiger partial charge in [0.2, 0.25) is 5.91 Å². The first kappa shape index (κ1) is 27.6. The van der Waals surface area contributed by atoms with Gasteiger partial charge in [0.15, 0.2) is 11.5 Å². The Balaban J connectivity index is 1.47. The molecule has 0 radical (unpaired) electrons. The number of imide groups is 1. The number of anilines is 1. The summed E-state index contributed by atoms with van der Waals surface area (Å²) in [6, 6.07) is 15.9. The molecule has 11 nitrogen and oxygen atoms in total. The summed E-state index contributed by atoms with van der Waals surface area (Å²) in [5.74, 6) is -0.362. The molecule has 0 saturated carbocycles. The minimum Gasteiger partial charge on any atom is -0.493 e. The minimum absolute atomic E-state index is 0.00599. The molecule has 1 fully saturated rings. The smallest absolute Gasteiger partial charge is 0.329 e. The van der Waals surface area contributed by atoms with Crippen LogP contribution in [0.25, 0.3) is 6.08 Å². The fourth-order valence-corrected chi connectivity index (χ4v) is 4.61. The lowest BCUT2D eigenvalue weighted by Gasteiger charge is -2.14. The van der Waals surface area contributed by atoms with E-state index in [-0.39, 0.29) is 18.0 Å². The normalized spacial score (nSPS) is 13.8. The van der Waals surface area contributed by atoms with Gasteiger partial charge in [-0.3, -0.25) is 19.7 Å². The number of non-ortho nitro benzene ring substituents is 1. The third-order valence-corrected chi connectivity index (χ3v) is 6.43. The van der Waals surface area contributed by atoms with E-state index in [1.54, 1.807) is 42.5 Å². The molecule has 0 atom stereocenters. The predicted octanol–water partition coefficient (Wildman–Crippen LogP) is 4.63. The quantitative estimate of drug-likeness (QED) is 0.114. The maximum absolute atomic E-state index is 12.9. The van der Waals surface area contributed by atoms with E-state index in [4.69, 9.17) is 9.47 Å². The summed E-state index contributed by atoms with van der Waals surface area (Å²) >= 11 is 2.05. The monoisotopic (exact) mass is 642 g/mol. The average molecular weight is 642 g/mol. The summed E-state index contributed by atoms with van der Waals surface area (Å²) in [5, 5.41) is 16.2. The lowest BCUT2D eigenvalue weighted by atomic mass is 10.1. The summed E-state index contributed by atoms with van der Waals surface area (Å²) < 4.78 is 12.0. The number of nitro benzene ring substituents is 1. The van der Waals surface area contributed by atoms with Gasteiger partial charge in [-0.25, -0.2) is 9.69 Å². The van der Waals surface area contributed by atoms with E-state index in [2.05, 4.69) is 10.6 Å². The van der Waals surface area contributed by atoms with Gasteiger partial charge >= 0.3 is 6.03 Å². The molecule has 1 saturated heterocycles. The minimum atomic E-state index is -0.704. The number of amides is 4. The van der Waals surface area contributed by atoms with Crippen LogP contribution >= 0.6 is 22.6 Å². The first-order valence-corrected chi connectivity index (χ1v) is 12.7. The van der Waals surface area contributed by atoms with Crippen molar-refractivity contribution >= 4 is 57.9 Å². The van der Waals surface area contributed by atoms with E-state index < -0.39 is 29.3 Å². The predicted molar refractivity (Wildman–Crippen MR) is 151 cm³/mol. The van der Waals surface area contributed by atoms with Crippen molar-refractivity contribution in [3.05, 3.63) is 96.7 Å². The number of halogens is 1. The van der Waals surface area contributed by atoms with Crippen LogP contribution in [0.5, 0.6) is 11.5 Å². The Labute approximate surface area is 237 Å². The maximum Gasteiger partial charge on any atom is 0.329 e. The largest absolute Gasteiger partial charge is 0.493 e. The molecule has 0 aliphatic carbocycles. The van der Waals surface area contributed by atoms with Gasteiger partial charge in [0.1, 0.15) is 18.8 Å². The van der Waals surface area contributed by atoms with E-state index in [0.717, 1.165) is 10.5 Å². The third kappa shape index (κ3) is 6.71. The number of carbonyl (C=O) groups is 3. The van der Waals surface area contributed by atoms with Crippen molar-refractivity contribution in [3.63, 3.8) is 0 Å². The molecule has 0 spiro atoms. The Morgan fingerprint density at radius 1 is 1.15 bits per heavy atom. The Bertz CT molecular complexity index is 1510. The number of urea groups is 1. The number of nitrogens with one attached hydrogen (secondary N) is 2. The van der Waals surface area contributed by atoms with Crippen molar-refractivity contribution in [2.45, 2.75) is 13.5 Å². The summed E-state index contributed by atoms with van der Waals surface area (Å²) in [6.45, 7) is 1.51. The van der Waals surface area contributed by atoms with Crippen LogP contribution in [0, 0.1) is 20.6 Å². The molecule has 0 unspecified atom stereocenters. The zero-order valence-corrected chi connectivity index (χ0v) is 23.1. The van der Waals surface area contributed by atoms with Gasteiger partial charge in [-0.05, 0) is 76.5 Å². The van der Waals surface area contributed by atoms with E-state index in [9.17, 15) is 24.5 Å². The summed E-state index contributed by atoms with van der Waals surface area (Å²) in [7, 11) is 1.46. The van der Waals surface area contributed by atoms with E-state index >= 15 is 0 Å². The summed E-state index contributed by atoms with van der Waals surface area (Å²) in [5.41, 5.74) is 2.65. The zero-order chi connectivity index (χ0) is 28.1. The highest BCUT2D eigenvalue weighted by atomic mass is 127. The number of hydrogen-bond donors (Lipinski definition) is 2. The van der Waals surface area contributed by atoms with Crippen molar-refractivity contribution in [1.82, 2.24) is 10.2 Å². The molecule has 4 amide bonds. The number of methoxy groups -OCH3 is 1. The first-order valence-electron chi connectivity index (χ1n) is 11.6. The number of aryl methyl sites for hydroxylation is 1. The second-order valence-electron chi connectivity index (χ2n) is 8.55. The molecule has 3 aromatic rings. The van der Waals surface area contributed by atoms with Crippen LogP contribution in [0.1, 0.15) is 16.7 Å². The molecule has 4 rings (SSSR count). The number of benzene rings is 3. The Morgan fingerprint density at radius 2 is 1.92 bits per heavy atom. The molecule has 0 aromatic heterocycles. The molecule has 200 valence electrons. The fraction of sp³-hybridized carbons (Fsp3) is 0.148. The molecule has 0 bridgehead atoms. The molecule has 1 heterocycles. The summed E-state index contributed by atoms with van der Waals surface area (Å²) in [4.78, 5) is 49.2. The van der Waals surface area contributed by atoms with E-state index in [1.165, 1.54) is 25.3 Å². The Hall–Kier alpha value is -4.46. The number of hydrogen-bond acceptors (Lipinski definition) is 7. The van der Waals surface area contributed by atoms with Gasteiger partial charge in [-0.1, -0.05) is 24.3 Å². The van der Waals surface area contributed by atoms with Gasteiger partial charge in [0, 0.05) is 17.8 Å². The van der Waals surface area contributed by atoms with Crippen molar-refractivity contribution in [2.75, 3.05) is 19.0 Å². The van der Waals surface area contributed by atoms with Gasteiger partial charge in [-0.2, -0.15) is 0 Å². The second kappa shape index (κ2) is 11.9. The molecule has 39 heavy (non-hydrogen) atoms. The van der Waals surface area contributed by atoms with Gasteiger partial charge in [0.25, 0.3) is 11.6 Å². The van der Waals surface area contributed by atoms with Crippen LogP contribution in [-0.2, 0) is 16.2 Å². The van der Waals surface area contributed by atoms with Gasteiger partial charge < -0.3 is 20.1 Å². The zero-order valence-electron chi connectivity index (χ0n) is 20.9. The van der Waals surface area contributed by atoms with Crippen LogP contribution in [0.4, 0.5) is 16.2 Å². The van der Waals surface area contributed by atoms with Crippen LogP contribution in [-0.4, -0.2) is 41.3 Å². The highest BCUT2D eigenvalue weighted by Gasteiger charge is 2.35. The molecule has 12 heteroatoms. The molecule has 3 aromatic carbocycles. The Kier molecular flexibility index (Phi) is 8.44. The highest BCUT2D eigenvalue weighted by Crippen LogP contribution is 2.35. The summed E-state index contributed by atoms with van der Waals surface area (Å²) in [6.07, 6.45) is 1.48.